The lowest BCUT2D eigenvalue weighted by Gasteiger charge is -2.39. The number of ether oxygens (including phenoxy) is 1. The van der Waals surface area contributed by atoms with E-state index in [-0.39, 0.29) is 17.6 Å². The van der Waals surface area contributed by atoms with E-state index in [0.717, 1.165) is 11.6 Å². The Bertz CT molecular complexity index is 311. The standard InChI is InChI=1S/C11H20N2O3S/c1-5(2)4-6-8(14)9(15)7-10(16-6)17-11(12-3)13-7/h5-10,14-15H,4H2,1-3H3,(H,12,13)/t6-,7-,8-,9-,10-/m1/s1. The van der Waals surface area contributed by atoms with Crippen LogP contribution < -0.4 is 5.32 Å². The minimum atomic E-state index is -0.831. The Kier molecular flexibility index (Phi) is 3.97. The first-order valence-electron chi connectivity index (χ1n) is 5.94. The van der Waals surface area contributed by atoms with Crippen LogP contribution in [0.15, 0.2) is 4.99 Å². The highest BCUT2D eigenvalue weighted by Crippen LogP contribution is 2.35. The summed E-state index contributed by atoms with van der Waals surface area (Å²) < 4.78 is 5.85. The maximum atomic E-state index is 10.1. The minimum Gasteiger partial charge on any atom is -0.388 e. The quantitative estimate of drug-likeness (QED) is 0.660. The largest absolute Gasteiger partial charge is 0.388 e. The molecule has 3 N–H and O–H groups in total. The molecule has 0 unspecified atom stereocenters. The predicted molar refractivity (Wildman–Crippen MR) is 68.0 cm³/mol. The summed E-state index contributed by atoms with van der Waals surface area (Å²) in [4.78, 5) is 4.05. The number of thioether (sulfide) groups is 1. The Labute approximate surface area is 106 Å². The number of aliphatic imine (C=N–C) groups is 1. The van der Waals surface area contributed by atoms with Gasteiger partial charge < -0.3 is 20.3 Å². The van der Waals surface area contributed by atoms with E-state index in [1.807, 2.05) is 0 Å². The molecule has 0 aromatic rings. The zero-order valence-electron chi connectivity index (χ0n) is 10.3. The summed E-state index contributed by atoms with van der Waals surface area (Å²) >= 11 is 1.48. The van der Waals surface area contributed by atoms with Crippen molar-refractivity contribution < 1.29 is 14.9 Å². The fraction of sp³-hybridized carbons (Fsp3) is 0.909. The van der Waals surface area contributed by atoms with Crippen LogP contribution in [0.4, 0.5) is 0 Å². The lowest BCUT2D eigenvalue weighted by molar-refractivity contribution is -0.160. The fourth-order valence-corrected chi connectivity index (χ4v) is 3.35. The first-order chi connectivity index (χ1) is 8.02. The van der Waals surface area contributed by atoms with Gasteiger partial charge in [0, 0.05) is 7.05 Å². The Morgan fingerprint density at radius 3 is 2.71 bits per heavy atom. The molecule has 98 valence electrons. The van der Waals surface area contributed by atoms with E-state index in [2.05, 4.69) is 24.2 Å². The molecule has 2 heterocycles. The van der Waals surface area contributed by atoms with Crippen molar-refractivity contribution in [1.82, 2.24) is 5.32 Å². The van der Waals surface area contributed by atoms with Gasteiger partial charge in [-0.2, -0.15) is 0 Å². The highest BCUT2D eigenvalue weighted by Gasteiger charge is 2.48. The molecular formula is C11H20N2O3S. The van der Waals surface area contributed by atoms with Crippen molar-refractivity contribution in [2.75, 3.05) is 7.05 Å². The summed E-state index contributed by atoms with van der Waals surface area (Å²) in [5.74, 6) is 0.428. The van der Waals surface area contributed by atoms with E-state index in [9.17, 15) is 10.2 Å². The zero-order valence-corrected chi connectivity index (χ0v) is 11.1. The smallest absolute Gasteiger partial charge is 0.159 e. The molecule has 0 saturated carbocycles. The van der Waals surface area contributed by atoms with Crippen molar-refractivity contribution in [2.45, 2.75) is 50.1 Å². The lowest BCUT2D eigenvalue weighted by atomic mass is 9.92. The molecule has 0 radical (unpaired) electrons. The van der Waals surface area contributed by atoms with Gasteiger partial charge in [-0.25, -0.2) is 0 Å². The summed E-state index contributed by atoms with van der Waals surface area (Å²) in [6.45, 7) is 4.15. The molecule has 2 aliphatic rings. The van der Waals surface area contributed by atoms with Crippen LogP contribution in [-0.2, 0) is 4.74 Å². The monoisotopic (exact) mass is 260 g/mol. The Hall–Kier alpha value is -0.300. The maximum absolute atomic E-state index is 10.1. The van der Waals surface area contributed by atoms with Crippen LogP contribution in [0.3, 0.4) is 0 Å². The third-order valence-electron chi connectivity index (χ3n) is 3.13. The van der Waals surface area contributed by atoms with Gasteiger partial charge in [-0.15, -0.1) is 0 Å². The fourth-order valence-electron chi connectivity index (χ4n) is 2.25. The number of nitrogens with one attached hydrogen (secondary N) is 1. The number of aliphatic hydroxyl groups excluding tert-OH is 2. The second-order valence-corrected chi connectivity index (χ2v) is 6.06. The second-order valence-electron chi connectivity index (χ2n) is 4.97. The average Bonchev–Trinajstić information content (AvgIpc) is 2.68. The van der Waals surface area contributed by atoms with Crippen LogP contribution in [0.1, 0.15) is 20.3 Å². The number of aliphatic hydroxyl groups is 2. The molecule has 2 fully saturated rings. The Morgan fingerprint density at radius 2 is 2.12 bits per heavy atom. The first kappa shape index (κ1) is 13.1. The molecule has 2 saturated heterocycles. The first-order valence-corrected chi connectivity index (χ1v) is 6.82. The van der Waals surface area contributed by atoms with E-state index in [1.165, 1.54) is 11.8 Å². The van der Waals surface area contributed by atoms with Gasteiger partial charge >= 0.3 is 0 Å². The molecule has 0 amide bonds. The van der Waals surface area contributed by atoms with Crippen molar-refractivity contribution in [2.24, 2.45) is 10.9 Å². The molecular weight excluding hydrogens is 240 g/mol. The number of rotatable bonds is 2. The Morgan fingerprint density at radius 1 is 1.41 bits per heavy atom. The molecule has 0 spiro atoms. The number of hydrogen-bond acceptors (Lipinski definition) is 5. The van der Waals surface area contributed by atoms with Gasteiger partial charge in [-0.3, -0.25) is 4.99 Å². The highest BCUT2D eigenvalue weighted by molar-refractivity contribution is 8.14. The SMILES string of the molecule is CN=C1N[C@@H]2[C@@H](O)[C@H](O)[C@@H](CC(C)C)O[C@@H]2S1. The predicted octanol–water partition coefficient (Wildman–Crippen LogP) is 0.170. The van der Waals surface area contributed by atoms with Gasteiger partial charge in [-0.1, -0.05) is 25.6 Å². The maximum Gasteiger partial charge on any atom is 0.159 e. The van der Waals surface area contributed by atoms with Gasteiger partial charge in [0.1, 0.15) is 17.6 Å². The summed E-state index contributed by atoms with van der Waals surface area (Å²) in [6.07, 6.45) is -1.18. The lowest BCUT2D eigenvalue weighted by Crippen LogP contribution is -2.59. The molecule has 0 bridgehead atoms. The van der Waals surface area contributed by atoms with Crippen LogP contribution in [0, 0.1) is 5.92 Å². The van der Waals surface area contributed by atoms with Crippen molar-refractivity contribution in [1.29, 1.82) is 0 Å². The van der Waals surface area contributed by atoms with Crippen molar-refractivity contribution in [3.8, 4) is 0 Å². The van der Waals surface area contributed by atoms with Gasteiger partial charge in [-0.05, 0) is 12.3 Å². The summed E-state index contributed by atoms with van der Waals surface area (Å²) in [6, 6.07) is -0.267. The summed E-state index contributed by atoms with van der Waals surface area (Å²) in [5.41, 5.74) is -0.157. The Balaban J connectivity index is 2.08. The van der Waals surface area contributed by atoms with Crippen LogP contribution in [-0.4, -0.2) is 52.2 Å². The number of fused-ring (bicyclic) bond motifs is 1. The molecule has 0 aromatic carbocycles. The topological polar surface area (TPSA) is 74.1 Å². The molecule has 5 atom stereocenters. The molecule has 2 aliphatic heterocycles. The highest BCUT2D eigenvalue weighted by atomic mass is 32.2. The van der Waals surface area contributed by atoms with E-state index < -0.39 is 12.2 Å². The molecule has 2 rings (SSSR count). The van der Waals surface area contributed by atoms with Crippen LogP contribution in [0.25, 0.3) is 0 Å². The van der Waals surface area contributed by atoms with E-state index in [4.69, 9.17) is 4.74 Å². The van der Waals surface area contributed by atoms with E-state index in [1.54, 1.807) is 7.05 Å². The summed E-state index contributed by atoms with van der Waals surface area (Å²) in [7, 11) is 1.70. The van der Waals surface area contributed by atoms with Crippen LogP contribution >= 0.6 is 11.8 Å². The van der Waals surface area contributed by atoms with Crippen molar-refractivity contribution >= 4 is 16.9 Å². The minimum absolute atomic E-state index is 0.157. The molecule has 6 heteroatoms. The van der Waals surface area contributed by atoms with Gasteiger partial charge in [0.05, 0.1) is 12.1 Å². The van der Waals surface area contributed by atoms with Crippen LogP contribution in [0.5, 0.6) is 0 Å². The third kappa shape index (κ3) is 2.59. The molecule has 0 aromatic heterocycles. The average molecular weight is 260 g/mol. The summed E-state index contributed by atoms with van der Waals surface area (Å²) in [5, 5.41) is 23.9. The number of hydrogen-bond donors (Lipinski definition) is 3. The second kappa shape index (κ2) is 5.14. The van der Waals surface area contributed by atoms with E-state index in [0.29, 0.717) is 5.92 Å². The van der Waals surface area contributed by atoms with Gasteiger partial charge in [0.15, 0.2) is 5.17 Å². The number of amidine groups is 1. The molecule has 17 heavy (non-hydrogen) atoms. The van der Waals surface area contributed by atoms with E-state index >= 15 is 0 Å². The number of nitrogens with zero attached hydrogens (tertiary/aromatic N) is 1. The van der Waals surface area contributed by atoms with Crippen LogP contribution in [0.2, 0.25) is 0 Å². The molecule has 5 nitrogen and oxygen atoms in total. The third-order valence-corrected chi connectivity index (χ3v) is 4.29. The molecule has 0 aliphatic carbocycles. The normalized spacial score (nSPS) is 43.9. The van der Waals surface area contributed by atoms with Crippen molar-refractivity contribution in [3.63, 3.8) is 0 Å². The van der Waals surface area contributed by atoms with Gasteiger partial charge in [0.25, 0.3) is 0 Å². The van der Waals surface area contributed by atoms with Gasteiger partial charge in [0.2, 0.25) is 0 Å². The van der Waals surface area contributed by atoms with Crippen molar-refractivity contribution in [3.05, 3.63) is 0 Å². The zero-order chi connectivity index (χ0) is 12.6.